The molecule has 2 nitrogen and oxygen atoms in total. The second-order valence-electron chi connectivity index (χ2n) is 7.88. The maximum atomic E-state index is 12.4. The van der Waals surface area contributed by atoms with E-state index in [1.807, 2.05) is 13.0 Å². The van der Waals surface area contributed by atoms with Crippen LogP contribution in [0.25, 0.3) is 0 Å². The number of allylic oxidation sites excluding steroid dienone is 4. The molecule has 2 aliphatic carbocycles. The Morgan fingerprint density at radius 2 is 2.09 bits per heavy atom. The quantitative estimate of drug-likeness (QED) is 0.559. The van der Waals surface area contributed by atoms with E-state index < -0.39 is 11.4 Å². The zero-order chi connectivity index (χ0) is 16.5. The molecular formula is C20H30O2. The molecule has 2 saturated carbocycles. The monoisotopic (exact) mass is 302 g/mol. The third-order valence-corrected chi connectivity index (χ3v) is 6.24. The van der Waals surface area contributed by atoms with Crippen molar-refractivity contribution < 1.29 is 9.90 Å². The molecule has 0 heterocycles. The van der Waals surface area contributed by atoms with Crippen LogP contribution in [0.3, 0.4) is 0 Å². The number of hydrogen-bond acceptors (Lipinski definition) is 1. The van der Waals surface area contributed by atoms with Crippen molar-refractivity contribution in [2.75, 3.05) is 0 Å². The standard InChI is InChI=1S/C20H30O2/c1-6-14(2)8-10-16-15(3)9-11-17-19(4,5)12-7-13-20(16,17)18(21)22/h6,8,16-17H,1,3,7,9-13H2,2,4-5H3,(H,21,22)/b14-8+. The van der Waals surface area contributed by atoms with Gasteiger partial charge in [-0.2, -0.15) is 0 Å². The SMILES string of the molecule is C=C/C(C)=C/CC1C(=C)CCC2C(C)(C)CCCC12C(=O)O. The molecule has 0 aromatic carbocycles. The van der Waals surface area contributed by atoms with Gasteiger partial charge >= 0.3 is 5.97 Å². The number of carboxylic acid groups (broad SMARTS) is 1. The summed E-state index contributed by atoms with van der Waals surface area (Å²) >= 11 is 0. The number of carboxylic acids is 1. The van der Waals surface area contributed by atoms with Gasteiger partial charge in [0.2, 0.25) is 0 Å². The lowest BCUT2D eigenvalue weighted by Gasteiger charge is -2.56. The first-order valence-electron chi connectivity index (χ1n) is 8.46. The van der Waals surface area contributed by atoms with Crippen molar-refractivity contribution in [2.45, 2.75) is 59.3 Å². The average Bonchev–Trinajstić information content (AvgIpc) is 2.44. The van der Waals surface area contributed by atoms with Crippen molar-refractivity contribution in [3.05, 3.63) is 36.5 Å². The Bertz CT molecular complexity index is 512. The fourth-order valence-corrected chi connectivity index (χ4v) is 4.98. The topological polar surface area (TPSA) is 37.3 Å². The smallest absolute Gasteiger partial charge is 0.310 e. The van der Waals surface area contributed by atoms with Crippen LogP contribution in [0.4, 0.5) is 0 Å². The van der Waals surface area contributed by atoms with Gasteiger partial charge in [-0.25, -0.2) is 0 Å². The van der Waals surface area contributed by atoms with Gasteiger partial charge in [-0.1, -0.05) is 56.7 Å². The molecule has 1 N–H and O–H groups in total. The highest BCUT2D eigenvalue weighted by Gasteiger charge is 2.59. The molecule has 0 bridgehead atoms. The fourth-order valence-electron chi connectivity index (χ4n) is 4.98. The van der Waals surface area contributed by atoms with Crippen molar-refractivity contribution in [1.29, 1.82) is 0 Å². The molecule has 0 saturated heterocycles. The van der Waals surface area contributed by atoms with E-state index in [1.54, 1.807) is 0 Å². The van der Waals surface area contributed by atoms with Gasteiger partial charge in [0.1, 0.15) is 0 Å². The molecule has 0 amide bonds. The van der Waals surface area contributed by atoms with Crippen LogP contribution in [0.2, 0.25) is 0 Å². The average molecular weight is 302 g/mol. The predicted octanol–water partition coefficient (Wildman–Crippen LogP) is 5.37. The van der Waals surface area contributed by atoms with Crippen LogP contribution in [0.1, 0.15) is 59.3 Å². The minimum atomic E-state index is -0.630. The van der Waals surface area contributed by atoms with Gasteiger partial charge in [-0.3, -0.25) is 4.79 Å². The van der Waals surface area contributed by atoms with Gasteiger partial charge in [-0.05, 0) is 56.3 Å². The Morgan fingerprint density at radius 3 is 2.68 bits per heavy atom. The third kappa shape index (κ3) is 2.68. The summed E-state index contributed by atoms with van der Waals surface area (Å²) in [4.78, 5) is 12.4. The summed E-state index contributed by atoms with van der Waals surface area (Å²) in [6.45, 7) is 14.6. The molecule has 122 valence electrons. The Balaban J connectivity index is 2.45. The molecule has 2 rings (SSSR count). The minimum Gasteiger partial charge on any atom is -0.481 e. The Kier molecular flexibility index (Phi) is 4.70. The summed E-state index contributed by atoms with van der Waals surface area (Å²) < 4.78 is 0. The number of hydrogen-bond donors (Lipinski definition) is 1. The third-order valence-electron chi connectivity index (χ3n) is 6.24. The van der Waals surface area contributed by atoms with Crippen molar-refractivity contribution in [2.24, 2.45) is 22.7 Å². The maximum Gasteiger partial charge on any atom is 0.310 e. The predicted molar refractivity (Wildman–Crippen MR) is 91.6 cm³/mol. The summed E-state index contributed by atoms with van der Waals surface area (Å²) in [7, 11) is 0. The Morgan fingerprint density at radius 1 is 1.41 bits per heavy atom. The number of carbonyl (C=O) groups is 1. The molecule has 2 aliphatic rings. The van der Waals surface area contributed by atoms with Gasteiger partial charge in [0.25, 0.3) is 0 Å². The van der Waals surface area contributed by atoms with Crippen LogP contribution < -0.4 is 0 Å². The minimum absolute atomic E-state index is 0.0539. The maximum absolute atomic E-state index is 12.4. The van der Waals surface area contributed by atoms with Gasteiger partial charge in [0.15, 0.2) is 0 Å². The summed E-state index contributed by atoms with van der Waals surface area (Å²) in [5.41, 5.74) is 1.72. The lowest BCUT2D eigenvalue weighted by atomic mass is 9.46. The Labute approximate surface area is 135 Å². The molecule has 0 aromatic heterocycles. The molecule has 22 heavy (non-hydrogen) atoms. The van der Waals surface area contributed by atoms with Crippen molar-refractivity contribution in [3.63, 3.8) is 0 Å². The summed E-state index contributed by atoms with van der Waals surface area (Å²) in [6.07, 6.45) is 9.61. The van der Waals surface area contributed by atoms with E-state index in [9.17, 15) is 9.90 Å². The van der Waals surface area contributed by atoms with Crippen molar-refractivity contribution in [3.8, 4) is 0 Å². The molecule has 3 atom stereocenters. The van der Waals surface area contributed by atoms with E-state index in [0.717, 1.165) is 49.7 Å². The fraction of sp³-hybridized carbons (Fsp3) is 0.650. The number of fused-ring (bicyclic) bond motifs is 1. The normalized spacial score (nSPS) is 34.9. The van der Waals surface area contributed by atoms with Crippen molar-refractivity contribution >= 4 is 5.97 Å². The van der Waals surface area contributed by atoms with E-state index in [2.05, 4.69) is 33.1 Å². The highest BCUT2D eigenvalue weighted by Crippen LogP contribution is 2.62. The zero-order valence-corrected chi connectivity index (χ0v) is 14.3. The van der Waals surface area contributed by atoms with Crippen molar-refractivity contribution in [1.82, 2.24) is 0 Å². The number of rotatable bonds is 4. The van der Waals surface area contributed by atoms with Crippen LogP contribution in [0.5, 0.6) is 0 Å². The largest absolute Gasteiger partial charge is 0.481 e. The molecular weight excluding hydrogens is 272 g/mol. The molecule has 0 spiro atoms. The van der Waals surface area contributed by atoms with Gasteiger partial charge in [-0.15, -0.1) is 0 Å². The second kappa shape index (κ2) is 6.06. The van der Waals surface area contributed by atoms with Gasteiger partial charge in [0.05, 0.1) is 5.41 Å². The molecule has 0 aromatic rings. The van der Waals surface area contributed by atoms with Gasteiger partial charge < -0.3 is 5.11 Å². The molecule has 0 radical (unpaired) electrons. The number of aliphatic carboxylic acids is 1. The highest BCUT2D eigenvalue weighted by molar-refractivity contribution is 5.77. The van der Waals surface area contributed by atoms with Crippen LogP contribution in [0.15, 0.2) is 36.5 Å². The van der Waals surface area contributed by atoms with Crippen LogP contribution in [0, 0.1) is 22.7 Å². The summed E-state index contributed by atoms with van der Waals surface area (Å²) in [5, 5.41) is 10.2. The first-order valence-corrected chi connectivity index (χ1v) is 8.46. The summed E-state index contributed by atoms with van der Waals surface area (Å²) in [5.74, 6) is -0.307. The Hall–Kier alpha value is -1.31. The highest BCUT2D eigenvalue weighted by atomic mass is 16.4. The first kappa shape index (κ1) is 17.1. The lowest BCUT2D eigenvalue weighted by Crippen LogP contribution is -2.55. The van der Waals surface area contributed by atoms with E-state index in [1.165, 1.54) is 0 Å². The molecule has 2 heteroatoms. The van der Waals surface area contributed by atoms with E-state index in [0.29, 0.717) is 0 Å². The van der Waals surface area contributed by atoms with E-state index in [4.69, 9.17) is 0 Å². The van der Waals surface area contributed by atoms with Crippen LogP contribution in [-0.2, 0) is 4.79 Å². The lowest BCUT2D eigenvalue weighted by molar-refractivity contribution is -0.170. The van der Waals surface area contributed by atoms with E-state index in [-0.39, 0.29) is 17.3 Å². The van der Waals surface area contributed by atoms with E-state index >= 15 is 0 Å². The van der Waals surface area contributed by atoms with Gasteiger partial charge in [0, 0.05) is 0 Å². The molecule has 0 aliphatic heterocycles. The van der Waals surface area contributed by atoms with Crippen LogP contribution in [-0.4, -0.2) is 11.1 Å². The second-order valence-corrected chi connectivity index (χ2v) is 7.88. The summed E-state index contributed by atoms with van der Waals surface area (Å²) in [6, 6.07) is 0. The van der Waals surface area contributed by atoms with Crippen LogP contribution >= 0.6 is 0 Å². The first-order chi connectivity index (χ1) is 10.3. The molecule has 3 unspecified atom stereocenters. The zero-order valence-electron chi connectivity index (χ0n) is 14.3. The molecule has 2 fully saturated rings.